The molecule has 0 bridgehead atoms. The molecule has 0 aliphatic carbocycles. The number of carbonyl (C=O) groups excluding carboxylic acids is 1. The lowest BCUT2D eigenvalue weighted by molar-refractivity contribution is -0.148. The molecule has 0 N–H and O–H groups in total. The van der Waals surface area contributed by atoms with Crippen molar-refractivity contribution in [2.45, 2.75) is 32.7 Å². The minimum atomic E-state index is -0.399. The van der Waals surface area contributed by atoms with Crippen molar-refractivity contribution in [3.05, 3.63) is 53.9 Å². The van der Waals surface area contributed by atoms with Crippen molar-refractivity contribution in [3.8, 4) is 0 Å². The topological polar surface area (TPSA) is 50.6 Å². The molecule has 1 aromatic heterocycles. The quantitative estimate of drug-likeness (QED) is 0.803. The predicted octanol–water partition coefficient (Wildman–Crippen LogP) is 1.76. The number of hydrogen-bond acceptors (Lipinski definition) is 4. The Morgan fingerprint density at radius 1 is 1.32 bits per heavy atom. The lowest BCUT2D eigenvalue weighted by Crippen LogP contribution is -2.49. The van der Waals surface area contributed by atoms with Crippen molar-refractivity contribution in [2.24, 2.45) is 0 Å². The first-order valence-electron chi connectivity index (χ1n) is 8.80. The van der Waals surface area contributed by atoms with Gasteiger partial charge < -0.3 is 9.64 Å². The number of aryl methyl sites for hydroxylation is 1. The van der Waals surface area contributed by atoms with Crippen LogP contribution in [0.25, 0.3) is 0 Å². The molecule has 1 aromatic carbocycles. The van der Waals surface area contributed by atoms with Gasteiger partial charge in [0, 0.05) is 51.5 Å². The molecule has 3 rings (SSSR count). The third-order valence-electron chi connectivity index (χ3n) is 4.48. The number of carbonyl (C=O) groups is 1. The molecule has 0 unspecified atom stereocenters. The average Bonchev–Trinajstić information content (AvgIpc) is 3.09. The van der Waals surface area contributed by atoms with Gasteiger partial charge in [-0.05, 0) is 12.5 Å². The summed E-state index contributed by atoms with van der Waals surface area (Å²) in [4.78, 5) is 16.7. The zero-order valence-electron chi connectivity index (χ0n) is 15.0. The zero-order chi connectivity index (χ0) is 17.6. The number of hydrogen-bond donors (Lipinski definition) is 0. The Morgan fingerprint density at radius 2 is 2.12 bits per heavy atom. The first-order valence-corrected chi connectivity index (χ1v) is 8.80. The maximum Gasteiger partial charge on any atom is 0.253 e. The lowest BCUT2D eigenvalue weighted by atomic mass is 10.1. The SMILES string of the molecule is CCn1cc(CN(C)C(=O)[C@H]2CN(Cc3ccccc3)CCO2)cn1. The van der Waals surface area contributed by atoms with Gasteiger partial charge in [-0.1, -0.05) is 30.3 Å². The smallest absolute Gasteiger partial charge is 0.253 e. The Kier molecular flexibility index (Phi) is 5.83. The molecule has 1 saturated heterocycles. The van der Waals surface area contributed by atoms with E-state index in [0.29, 0.717) is 19.7 Å². The van der Waals surface area contributed by atoms with Crippen LogP contribution in [0.1, 0.15) is 18.1 Å². The monoisotopic (exact) mass is 342 g/mol. The fourth-order valence-corrected chi connectivity index (χ4v) is 3.10. The number of morpholine rings is 1. The largest absolute Gasteiger partial charge is 0.366 e. The van der Waals surface area contributed by atoms with E-state index in [1.165, 1.54) is 5.56 Å². The van der Waals surface area contributed by atoms with Crippen LogP contribution >= 0.6 is 0 Å². The van der Waals surface area contributed by atoms with Gasteiger partial charge in [-0.15, -0.1) is 0 Å². The molecule has 1 atom stereocenters. The van der Waals surface area contributed by atoms with Gasteiger partial charge >= 0.3 is 0 Å². The van der Waals surface area contributed by atoms with Gasteiger partial charge in [0.15, 0.2) is 0 Å². The molecule has 1 amide bonds. The van der Waals surface area contributed by atoms with Crippen molar-refractivity contribution in [3.63, 3.8) is 0 Å². The summed E-state index contributed by atoms with van der Waals surface area (Å²) < 4.78 is 7.61. The number of nitrogens with zero attached hydrogens (tertiary/aromatic N) is 4. The van der Waals surface area contributed by atoms with Crippen LogP contribution in [0.5, 0.6) is 0 Å². The summed E-state index contributed by atoms with van der Waals surface area (Å²) in [7, 11) is 1.82. The van der Waals surface area contributed by atoms with Gasteiger partial charge in [-0.2, -0.15) is 5.10 Å². The van der Waals surface area contributed by atoms with Crippen molar-refractivity contribution in [1.82, 2.24) is 19.6 Å². The summed E-state index contributed by atoms with van der Waals surface area (Å²) in [6, 6.07) is 10.3. The molecule has 2 aromatic rings. The fourth-order valence-electron chi connectivity index (χ4n) is 3.10. The van der Waals surface area contributed by atoms with Gasteiger partial charge in [0.2, 0.25) is 0 Å². The molecule has 0 radical (unpaired) electrons. The number of amides is 1. The second-order valence-electron chi connectivity index (χ2n) is 6.48. The molecule has 6 heteroatoms. The molecule has 1 fully saturated rings. The Bertz CT molecular complexity index is 686. The molecule has 0 saturated carbocycles. The van der Waals surface area contributed by atoms with Crippen LogP contribution in [0.2, 0.25) is 0 Å². The number of likely N-dealkylation sites (N-methyl/N-ethyl adjacent to an activating group) is 1. The highest BCUT2D eigenvalue weighted by molar-refractivity contribution is 5.81. The van der Waals surface area contributed by atoms with Crippen LogP contribution in [-0.2, 0) is 29.2 Å². The molecular weight excluding hydrogens is 316 g/mol. The van der Waals surface area contributed by atoms with E-state index in [4.69, 9.17) is 4.74 Å². The van der Waals surface area contributed by atoms with E-state index in [0.717, 1.165) is 25.2 Å². The Hall–Kier alpha value is -2.18. The van der Waals surface area contributed by atoms with Gasteiger partial charge in [-0.3, -0.25) is 14.4 Å². The van der Waals surface area contributed by atoms with Crippen LogP contribution in [0.4, 0.5) is 0 Å². The van der Waals surface area contributed by atoms with Crippen molar-refractivity contribution in [1.29, 1.82) is 0 Å². The maximum absolute atomic E-state index is 12.7. The predicted molar refractivity (Wildman–Crippen MR) is 95.8 cm³/mol. The highest BCUT2D eigenvalue weighted by atomic mass is 16.5. The normalized spacial score (nSPS) is 18.2. The van der Waals surface area contributed by atoms with E-state index in [1.807, 2.05) is 49.2 Å². The first-order chi connectivity index (χ1) is 12.2. The Labute approximate surface area is 149 Å². The van der Waals surface area contributed by atoms with Crippen LogP contribution < -0.4 is 0 Å². The minimum Gasteiger partial charge on any atom is -0.366 e. The summed E-state index contributed by atoms with van der Waals surface area (Å²) in [6.45, 7) is 6.35. The Morgan fingerprint density at radius 3 is 2.84 bits per heavy atom. The molecule has 2 heterocycles. The van der Waals surface area contributed by atoms with Crippen molar-refractivity contribution in [2.75, 3.05) is 26.7 Å². The molecule has 0 spiro atoms. The molecule has 25 heavy (non-hydrogen) atoms. The summed E-state index contributed by atoms with van der Waals surface area (Å²) in [5, 5.41) is 4.26. The average molecular weight is 342 g/mol. The van der Waals surface area contributed by atoms with Crippen molar-refractivity contribution < 1.29 is 9.53 Å². The summed E-state index contributed by atoms with van der Waals surface area (Å²) >= 11 is 0. The molecule has 1 aliphatic heterocycles. The fraction of sp³-hybridized carbons (Fsp3) is 0.474. The first kappa shape index (κ1) is 17.6. The van der Waals surface area contributed by atoms with E-state index >= 15 is 0 Å². The summed E-state index contributed by atoms with van der Waals surface area (Å²) in [5.41, 5.74) is 2.30. The standard InChI is InChI=1S/C19H26N4O2/c1-3-23-14-17(11-20-23)12-21(2)19(24)18-15-22(9-10-25-18)13-16-7-5-4-6-8-16/h4-8,11,14,18H,3,9-10,12-13,15H2,1-2H3/t18-/m1/s1. The van der Waals surface area contributed by atoms with E-state index in [1.54, 1.807) is 4.90 Å². The Balaban J connectivity index is 1.55. The van der Waals surface area contributed by atoms with Crippen LogP contribution in [-0.4, -0.2) is 58.3 Å². The minimum absolute atomic E-state index is 0.0296. The van der Waals surface area contributed by atoms with Crippen LogP contribution in [0.3, 0.4) is 0 Å². The highest BCUT2D eigenvalue weighted by Crippen LogP contribution is 2.13. The number of ether oxygens (including phenoxy) is 1. The molecule has 6 nitrogen and oxygen atoms in total. The lowest BCUT2D eigenvalue weighted by Gasteiger charge is -2.34. The van der Waals surface area contributed by atoms with E-state index < -0.39 is 6.10 Å². The van der Waals surface area contributed by atoms with Gasteiger partial charge in [0.05, 0.1) is 12.8 Å². The number of aromatic nitrogens is 2. The van der Waals surface area contributed by atoms with E-state index in [9.17, 15) is 4.79 Å². The third kappa shape index (κ3) is 4.67. The van der Waals surface area contributed by atoms with Crippen molar-refractivity contribution >= 4 is 5.91 Å². The van der Waals surface area contributed by atoms with Gasteiger partial charge in [0.1, 0.15) is 6.10 Å². The van der Waals surface area contributed by atoms with E-state index in [-0.39, 0.29) is 5.91 Å². The van der Waals surface area contributed by atoms with E-state index in [2.05, 4.69) is 22.1 Å². The third-order valence-corrected chi connectivity index (χ3v) is 4.48. The maximum atomic E-state index is 12.7. The molecule has 1 aliphatic rings. The number of rotatable bonds is 6. The summed E-state index contributed by atoms with van der Waals surface area (Å²) in [6.07, 6.45) is 3.40. The van der Waals surface area contributed by atoms with Gasteiger partial charge in [0.25, 0.3) is 5.91 Å². The highest BCUT2D eigenvalue weighted by Gasteiger charge is 2.29. The van der Waals surface area contributed by atoms with Crippen LogP contribution in [0.15, 0.2) is 42.7 Å². The zero-order valence-corrected chi connectivity index (χ0v) is 15.0. The second kappa shape index (κ2) is 8.27. The summed E-state index contributed by atoms with van der Waals surface area (Å²) in [5.74, 6) is 0.0296. The molecule has 134 valence electrons. The van der Waals surface area contributed by atoms with Gasteiger partial charge in [-0.25, -0.2) is 0 Å². The van der Waals surface area contributed by atoms with Crippen LogP contribution in [0, 0.1) is 0 Å². The number of benzene rings is 1. The second-order valence-corrected chi connectivity index (χ2v) is 6.48. The molecular formula is C19H26N4O2.